The fourth-order valence-electron chi connectivity index (χ4n) is 17.0. The minimum atomic E-state index is -0.508. The first-order valence-corrected chi connectivity index (χ1v) is 35.4. The number of likely N-dealkylation sites (N-methyl/N-ethyl adjacent to an activating group) is 1. The van der Waals surface area contributed by atoms with Crippen molar-refractivity contribution in [3.05, 3.63) is 154 Å². The number of unbranched alkanes of at least 4 members (excludes halogenated alkanes) is 1. The summed E-state index contributed by atoms with van der Waals surface area (Å²) in [5, 5.41) is 12.3. The summed E-state index contributed by atoms with van der Waals surface area (Å²) in [6.45, 7) is 31.6. The second kappa shape index (κ2) is 31.9. The Morgan fingerprint density at radius 1 is 0.583 bits per heavy atom. The Balaban J connectivity index is 0.000000237. The molecule has 4 heterocycles. The number of likely N-dealkylation sites (tertiary alicyclic amines) is 4. The van der Waals surface area contributed by atoms with Gasteiger partial charge in [0.05, 0.1) is 38.9 Å². The molecule has 17 nitrogen and oxygen atoms in total. The molecule has 4 aromatic carbocycles. The van der Waals surface area contributed by atoms with Crippen molar-refractivity contribution in [2.45, 2.75) is 198 Å². The quantitative estimate of drug-likeness (QED) is 0.0691. The van der Waals surface area contributed by atoms with Gasteiger partial charge in [0.1, 0.15) is 5.60 Å². The molecule has 8 aliphatic rings. The molecule has 0 unspecified atom stereocenters. The molecule has 12 rings (SSSR count). The van der Waals surface area contributed by atoms with Gasteiger partial charge >= 0.3 is 6.09 Å². The van der Waals surface area contributed by atoms with E-state index in [0.717, 1.165) is 103 Å². The molecule has 4 N–H and O–H groups in total. The van der Waals surface area contributed by atoms with Crippen molar-refractivity contribution >= 4 is 35.5 Å². The van der Waals surface area contributed by atoms with E-state index < -0.39 is 5.60 Å². The van der Waals surface area contributed by atoms with Crippen molar-refractivity contribution in [3.8, 4) is 11.5 Å². The maximum atomic E-state index is 12.6. The number of carbonyl (C=O) groups excluding carboxylic acids is 6. The Labute approximate surface area is 578 Å². The van der Waals surface area contributed by atoms with Crippen molar-refractivity contribution in [1.82, 2.24) is 40.9 Å². The number of hydrogen-bond donors (Lipinski definition) is 4. The minimum Gasteiger partial charge on any atom is -0.493 e. The highest BCUT2D eigenvalue weighted by Crippen LogP contribution is 2.54. The second-order valence-electron chi connectivity index (χ2n) is 29.5. The van der Waals surface area contributed by atoms with Crippen LogP contribution in [0.25, 0.3) is 0 Å². The fraction of sp³-hybridized carbons (Fsp3) is 0.570. The lowest BCUT2D eigenvalue weighted by Crippen LogP contribution is -2.46. The number of ether oxygens (including phenoxy) is 3. The average molecular weight is 1320 g/mol. The molecule has 0 saturated carbocycles. The molecule has 4 saturated heterocycles. The highest BCUT2D eigenvalue weighted by atomic mass is 16.6. The molecular formula is C79H118N8O9. The summed E-state index contributed by atoms with van der Waals surface area (Å²) in [4.78, 5) is 80.5. The van der Waals surface area contributed by atoms with Gasteiger partial charge in [-0.3, -0.25) is 33.8 Å². The van der Waals surface area contributed by atoms with Gasteiger partial charge in [0.15, 0.2) is 17.3 Å². The number of carbonyl (C=O) groups is 6. The van der Waals surface area contributed by atoms with Crippen LogP contribution in [0.5, 0.6) is 11.5 Å². The molecular weight excluding hydrogens is 1200 g/mol. The van der Waals surface area contributed by atoms with Crippen LogP contribution in [-0.4, -0.2) is 153 Å². The molecule has 5 amide bonds. The van der Waals surface area contributed by atoms with Crippen LogP contribution in [0, 0.1) is 0 Å². The molecule has 528 valence electrons. The van der Waals surface area contributed by atoms with Crippen LogP contribution >= 0.6 is 0 Å². The largest absolute Gasteiger partial charge is 0.493 e. The van der Waals surface area contributed by atoms with E-state index in [4.69, 9.17) is 14.2 Å². The molecule has 0 radical (unpaired) electrons. The zero-order chi connectivity index (χ0) is 69.0. The highest BCUT2D eigenvalue weighted by molar-refractivity contribution is 6.03. The third-order valence-electron chi connectivity index (χ3n) is 21.9. The third kappa shape index (κ3) is 17.1. The molecule has 4 aromatic rings. The highest BCUT2D eigenvalue weighted by Gasteiger charge is 2.50. The second-order valence-corrected chi connectivity index (χ2v) is 29.5. The number of hydrogen-bond acceptors (Lipinski definition) is 12. The summed E-state index contributed by atoms with van der Waals surface area (Å²) < 4.78 is 16.2. The van der Waals surface area contributed by atoms with Crippen molar-refractivity contribution in [1.29, 1.82) is 0 Å². The van der Waals surface area contributed by atoms with Gasteiger partial charge in [-0.1, -0.05) is 90.5 Å². The predicted octanol–water partition coefficient (Wildman–Crippen LogP) is 13.4. The fourth-order valence-corrected chi connectivity index (χ4v) is 17.0. The van der Waals surface area contributed by atoms with Crippen LogP contribution in [0.3, 0.4) is 0 Å². The molecule has 4 spiro atoms. The first-order chi connectivity index (χ1) is 45.9. The summed E-state index contributed by atoms with van der Waals surface area (Å²) >= 11 is 0. The Hall–Kier alpha value is -7.34. The van der Waals surface area contributed by atoms with Gasteiger partial charge in [-0.2, -0.15) is 0 Å². The average Bonchev–Trinajstić information content (AvgIpc) is 1.33. The number of benzene rings is 4. The van der Waals surface area contributed by atoms with E-state index in [2.05, 4.69) is 135 Å². The zero-order valence-electron chi connectivity index (χ0n) is 59.5. The number of fused-ring (bicyclic) bond motifs is 8. The van der Waals surface area contributed by atoms with E-state index in [1.54, 1.807) is 46.0 Å². The predicted molar refractivity (Wildman–Crippen MR) is 388 cm³/mol. The molecule has 17 heteroatoms. The van der Waals surface area contributed by atoms with Crippen LogP contribution in [0.4, 0.5) is 4.79 Å². The lowest BCUT2D eigenvalue weighted by atomic mass is 9.73. The van der Waals surface area contributed by atoms with E-state index in [1.807, 2.05) is 39.8 Å². The summed E-state index contributed by atoms with van der Waals surface area (Å²) in [7, 11) is 3.16. The molecule has 96 heavy (non-hydrogen) atoms. The molecule has 0 aromatic heterocycles. The number of rotatable bonds is 14. The molecule has 3 atom stereocenters. The molecule has 0 bridgehead atoms. The maximum Gasteiger partial charge on any atom is 0.410 e. The van der Waals surface area contributed by atoms with E-state index >= 15 is 0 Å². The first-order valence-electron chi connectivity index (χ1n) is 35.4. The Kier molecular flexibility index (Phi) is 24.2. The topological polar surface area (TPSA) is 191 Å². The number of nitrogens with one attached hydrogen (secondary N) is 4. The summed E-state index contributed by atoms with van der Waals surface area (Å²) in [6.07, 6.45) is 18.2. The summed E-state index contributed by atoms with van der Waals surface area (Å²) in [5.41, 5.74) is 11.4. The zero-order valence-corrected chi connectivity index (χ0v) is 59.5. The summed E-state index contributed by atoms with van der Waals surface area (Å²) in [5.74, 6) is 1.62. The number of ketones is 1. The Morgan fingerprint density at radius 3 is 1.39 bits per heavy atom. The van der Waals surface area contributed by atoms with Crippen molar-refractivity contribution in [3.63, 3.8) is 0 Å². The number of amides is 5. The van der Waals surface area contributed by atoms with E-state index in [-0.39, 0.29) is 81.0 Å². The van der Waals surface area contributed by atoms with Crippen molar-refractivity contribution in [2.24, 2.45) is 0 Å². The third-order valence-corrected chi connectivity index (χ3v) is 21.9. The normalized spacial score (nSPS) is 21.7. The van der Waals surface area contributed by atoms with E-state index in [1.165, 1.54) is 77.6 Å². The smallest absolute Gasteiger partial charge is 0.410 e. The summed E-state index contributed by atoms with van der Waals surface area (Å²) in [6, 6.07) is 30.2. The maximum absolute atomic E-state index is 12.6. The number of piperidine rings is 4. The number of Topliss-reactive ketones (excluding diaryl/α,β-unsaturated/α-hetero) is 1. The molecule has 4 fully saturated rings. The Morgan fingerprint density at radius 2 is 0.990 bits per heavy atom. The van der Waals surface area contributed by atoms with Gasteiger partial charge in [0, 0.05) is 86.3 Å². The molecule has 4 aliphatic heterocycles. The van der Waals surface area contributed by atoms with Crippen molar-refractivity contribution in [2.75, 3.05) is 92.8 Å². The van der Waals surface area contributed by atoms with Crippen molar-refractivity contribution < 1.29 is 48.7 Å². The van der Waals surface area contributed by atoms with Gasteiger partial charge in [0.2, 0.25) is 23.6 Å². The van der Waals surface area contributed by atoms with E-state index in [0.29, 0.717) is 49.7 Å². The number of nitrogens with zero attached hydrogens (tertiary/aromatic N) is 4. The first kappa shape index (κ1) is 72.9. The Bertz CT molecular complexity index is 3450. The van der Waals surface area contributed by atoms with Gasteiger partial charge < -0.3 is 45.3 Å². The standard InChI is InChI=1S/2C20H28N2O.C20H27NO5.C19H27N3O2.4H2/c1-4-15(2)14-22-11-9-20(10-12-22)13-19(21-16(3)23)17-7-5-6-8-18(17)20;1-3-4-7-12-22-13-10-20(11-14-22)15-19(21-16(2)23)17-8-5-6-9-18(17)20;1-19(2,3)26-18(23)21-8-6-20(7-9-21)12-15(22)13-10-16(24-4)17(25-5)11-14(13)20;1-3-20-18(24)13-22-10-8-19(9-11-22)12-17(21-14(2)23)15-6-4-5-7-16(15)19;;;;/h4-8,19H,9-14H2,1-3H3,(H,21,23);3,5-6,8-9,19H,1,4,7,10-15H2,2H3,(H,21,23);10-11H,6-9,12H2,1-5H3;4-7,17H,3,8-13H2,1-2H3,(H,20,24)(H,21,23);4*1H/b15-4+;;;;;;;/t2*19-;;17-;;;;/m00.0..../s1. The van der Waals surface area contributed by atoms with E-state index in [9.17, 15) is 28.8 Å². The van der Waals surface area contributed by atoms with Crippen LogP contribution in [0.15, 0.2) is 109 Å². The monoisotopic (exact) mass is 1320 g/mol. The van der Waals surface area contributed by atoms with Crippen LogP contribution in [0.1, 0.15) is 225 Å². The van der Waals surface area contributed by atoms with Gasteiger partial charge in [-0.05, 0) is 222 Å². The minimum absolute atomic E-state index is 0. The van der Waals surface area contributed by atoms with Crippen LogP contribution in [-0.2, 0) is 45.6 Å². The lowest BCUT2D eigenvalue weighted by molar-refractivity contribution is -0.123. The lowest BCUT2D eigenvalue weighted by Gasteiger charge is -2.40. The van der Waals surface area contributed by atoms with Crippen LogP contribution in [0.2, 0.25) is 0 Å². The van der Waals surface area contributed by atoms with Crippen LogP contribution < -0.4 is 30.7 Å². The number of methoxy groups -OCH3 is 2. The van der Waals surface area contributed by atoms with Gasteiger partial charge in [0.25, 0.3) is 0 Å². The van der Waals surface area contributed by atoms with Gasteiger partial charge in [-0.25, -0.2) is 4.79 Å². The SMILES string of the molecule is C/C=C(\C)CN1CCC2(CC1)C[C@H](NC(C)=O)c1ccccc12.C=CCCCN1CCC2(CC1)C[C@H](NC(C)=O)c1ccccc12.CCNC(=O)CN1CCC2(CC1)C[C@H](NC(C)=O)c1ccccc12.COc1cc2c(cc1OC)C1(CCN(C(=O)OC(C)(C)C)CC1)CC2=O.[HH].[HH].[HH].[HH]. The van der Waals surface area contributed by atoms with Gasteiger partial charge in [-0.15, -0.1) is 6.58 Å². The molecule has 4 aliphatic carbocycles. The number of allylic oxidation sites excluding steroid dienone is 2.